The summed E-state index contributed by atoms with van der Waals surface area (Å²) >= 11 is 4.51. The highest BCUT2D eigenvalue weighted by atomic mass is 79.9. The summed E-state index contributed by atoms with van der Waals surface area (Å²) in [5, 5.41) is 2.77. The van der Waals surface area contributed by atoms with Gasteiger partial charge in [0.2, 0.25) is 10.0 Å². The number of hydrogen-bond donors (Lipinski definition) is 2. The number of nitrogens with zero attached hydrogens (tertiary/aromatic N) is 2. The van der Waals surface area contributed by atoms with E-state index in [-0.39, 0.29) is 28.4 Å². The Morgan fingerprint density at radius 3 is 2.49 bits per heavy atom. The number of hydrogen-bond acceptors (Lipinski definition) is 6. The van der Waals surface area contributed by atoms with E-state index in [1.54, 1.807) is 24.3 Å². The third kappa shape index (κ3) is 4.92. The molecule has 0 aliphatic carbocycles. The lowest BCUT2D eigenvalue weighted by Crippen LogP contribution is -2.37. The first-order chi connectivity index (χ1) is 18.3. The smallest absolute Gasteiger partial charge is 0.330 e. The first-order valence-corrected chi connectivity index (χ1v) is 14.6. The largest absolute Gasteiger partial charge is 0.416 e. The molecule has 0 spiro atoms. The van der Waals surface area contributed by atoms with Crippen molar-refractivity contribution in [3.63, 3.8) is 0 Å². The fourth-order valence-corrected chi connectivity index (χ4v) is 5.89. The zero-order chi connectivity index (χ0) is 28.3. The highest BCUT2D eigenvalue weighted by molar-refractivity contribution is 9.10. The summed E-state index contributed by atoms with van der Waals surface area (Å²) in [6, 6.07) is 9.46. The Labute approximate surface area is 229 Å². The number of sulfonamides is 1. The second kappa shape index (κ2) is 9.50. The van der Waals surface area contributed by atoms with Gasteiger partial charge in [-0.25, -0.2) is 22.5 Å². The highest BCUT2D eigenvalue weighted by Crippen LogP contribution is 2.36. The Balaban J connectivity index is 1.97. The fourth-order valence-electron chi connectivity index (χ4n) is 4.29. The molecule has 39 heavy (non-hydrogen) atoms. The van der Waals surface area contributed by atoms with Gasteiger partial charge in [-0.3, -0.25) is 9.59 Å². The number of benzene rings is 2. The van der Waals surface area contributed by atoms with Crippen molar-refractivity contribution in [1.29, 1.82) is 0 Å². The van der Waals surface area contributed by atoms with Gasteiger partial charge in [0.15, 0.2) is 0 Å². The maximum Gasteiger partial charge on any atom is 0.416 e. The normalized spacial score (nSPS) is 12.3. The minimum atomic E-state index is -4.79. The summed E-state index contributed by atoms with van der Waals surface area (Å²) in [6.07, 6.45) is -4.07. The molecule has 2 aromatic carbocycles. The number of halogens is 4. The van der Waals surface area contributed by atoms with Crippen LogP contribution in [0.5, 0.6) is 0 Å². The number of aromatic amines is 1. The molecule has 0 saturated carbocycles. The minimum Gasteiger partial charge on any atom is -0.330 e. The predicted molar refractivity (Wildman–Crippen MR) is 144 cm³/mol. The van der Waals surface area contributed by atoms with Crippen molar-refractivity contribution < 1.29 is 26.4 Å². The lowest BCUT2D eigenvalue weighted by atomic mass is 10.1. The van der Waals surface area contributed by atoms with Crippen LogP contribution in [-0.4, -0.2) is 34.7 Å². The first kappa shape index (κ1) is 26.9. The number of fused-ring (bicyclic) bond motifs is 2. The third-order valence-electron chi connectivity index (χ3n) is 5.91. The van der Waals surface area contributed by atoms with Crippen LogP contribution in [0.15, 0.2) is 67.3 Å². The van der Waals surface area contributed by atoms with Crippen molar-refractivity contribution in [2.75, 3.05) is 6.26 Å². The topological polar surface area (TPSA) is 123 Å². The molecule has 0 radical (unpaired) electrons. The summed E-state index contributed by atoms with van der Waals surface area (Å²) in [4.78, 5) is 42.6. The maximum absolute atomic E-state index is 13.8. The van der Waals surface area contributed by atoms with E-state index in [1.165, 1.54) is 15.3 Å². The van der Waals surface area contributed by atoms with Gasteiger partial charge in [0.25, 0.3) is 11.5 Å². The number of thiophene rings is 1. The van der Waals surface area contributed by atoms with E-state index < -0.39 is 50.3 Å². The van der Waals surface area contributed by atoms with Gasteiger partial charge in [-0.1, -0.05) is 34.1 Å². The third-order valence-corrected chi connectivity index (χ3v) is 7.98. The van der Waals surface area contributed by atoms with Crippen LogP contribution < -0.4 is 16.0 Å². The molecule has 2 N–H and O–H groups in total. The lowest BCUT2D eigenvalue weighted by Gasteiger charge is -2.13. The molecule has 0 bridgehead atoms. The van der Waals surface area contributed by atoms with Crippen molar-refractivity contribution in [3.05, 3.63) is 95.4 Å². The van der Waals surface area contributed by atoms with Gasteiger partial charge in [0.1, 0.15) is 5.69 Å². The van der Waals surface area contributed by atoms with Crippen LogP contribution in [0.2, 0.25) is 0 Å². The molecule has 9 nitrogen and oxygen atoms in total. The van der Waals surface area contributed by atoms with Gasteiger partial charge in [0.05, 0.1) is 33.9 Å². The first-order valence-electron chi connectivity index (χ1n) is 11.0. The van der Waals surface area contributed by atoms with Crippen molar-refractivity contribution in [1.82, 2.24) is 18.8 Å². The summed E-state index contributed by atoms with van der Waals surface area (Å²) in [5.41, 5.74) is -3.12. The molecule has 3 heterocycles. The van der Waals surface area contributed by atoms with Crippen molar-refractivity contribution in [2.45, 2.75) is 12.7 Å². The molecule has 0 saturated heterocycles. The summed E-state index contributed by atoms with van der Waals surface area (Å²) in [5.74, 6) is -1.24. The van der Waals surface area contributed by atoms with E-state index >= 15 is 0 Å². The molecule has 5 aromatic rings. The molecule has 202 valence electrons. The Morgan fingerprint density at radius 1 is 1.10 bits per heavy atom. The van der Waals surface area contributed by atoms with E-state index in [9.17, 15) is 36.0 Å². The maximum atomic E-state index is 13.8. The molecular weight excluding hydrogens is 625 g/mol. The zero-order valence-corrected chi connectivity index (χ0v) is 22.9. The van der Waals surface area contributed by atoms with Gasteiger partial charge in [-0.2, -0.15) is 13.2 Å². The average molecular weight is 641 g/mol. The highest BCUT2D eigenvalue weighted by Gasteiger charge is 2.34. The molecule has 5 rings (SSSR count). The van der Waals surface area contributed by atoms with Crippen molar-refractivity contribution >= 4 is 65.0 Å². The Kier molecular flexibility index (Phi) is 6.55. The summed E-state index contributed by atoms with van der Waals surface area (Å²) < 4.78 is 69.6. The second-order valence-corrected chi connectivity index (χ2v) is 11.9. The molecule has 0 fully saturated rings. The molecule has 0 aliphatic heterocycles. The van der Waals surface area contributed by atoms with Crippen LogP contribution in [0.25, 0.3) is 27.5 Å². The molecule has 15 heteroatoms. The Bertz CT molecular complexity index is 2020. The lowest BCUT2D eigenvalue weighted by molar-refractivity contribution is -0.137. The molecule has 3 aromatic heterocycles. The van der Waals surface area contributed by atoms with Crippen LogP contribution in [0.3, 0.4) is 0 Å². The Morgan fingerprint density at radius 2 is 1.82 bits per heavy atom. The number of amides is 1. The fraction of sp³-hybridized carbons (Fsp3) is 0.125. The van der Waals surface area contributed by atoms with Gasteiger partial charge in [-0.15, -0.1) is 11.3 Å². The van der Waals surface area contributed by atoms with E-state index in [4.69, 9.17) is 0 Å². The van der Waals surface area contributed by atoms with Crippen LogP contribution in [0.1, 0.15) is 21.6 Å². The summed E-state index contributed by atoms with van der Waals surface area (Å²) in [6.45, 7) is -0.122. The predicted octanol–water partition coefficient (Wildman–Crippen LogP) is 4.21. The van der Waals surface area contributed by atoms with Crippen molar-refractivity contribution in [2.24, 2.45) is 0 Å². The number of carbonyl (C=O) groups excluding carboxylic acids is 1. The van der Waals surface area contributed by atoms with Gasteiger partial charge in [0, 0.05) is 27.2 Å². The van der Waals surface area contributed by atoms with Gasteiger partial charge < -0.3 is 9.55 Å². The van der Waals surface area contributed by atoms with Crippen LogP contribution in [0, 0.1) is 0 Å². The average Bonchev–Trinajstić information content (AvgIpc) is 3.42. The number of carbonyl (C=O) groups is 1. The number of rotatable bonds is 5. The van der Waals surface area contributed by atoms with Gasteiger partial charge in [-0.05, 0) is 29.8 Å². The van der Waals surface area contributed by atoms with Gasteiger partial charge >= 0.3 is 11.9 Å². The number of H-pyrrole nitrogens is 1. The number of alkyl halides is 3. The zero-order valence-electron chi connectivity index (χ0n) is 19.7. The van der Waals surface area contributed by atoms with E-state index in [2.05, 4.69) is 20.9 Å². The molecule has 1 amide bonds. The molecular formula is C24H16BrF3N4O5S2. The summed E-state index contributed by atoms with van der Waals surface area (Å²) in [7, 11) is -4.16. The van der Waals surface area contributed by atoms with E-state index in [0.717, 1.165) is 35.8 Å². The molecule has 0 atom stereocenters. The molecule has 0 unspecified atom stereocenters. The van der Waals surface area contributed by atoms with E-state index in [1.807, 2.05) is 4.72 Å². The SMILES string of the molecule is CS(=O)(=O)NC(=O)c1c(-n2c(=O)[nH]c3cscc3c2=O)c2cc(C(F)(F)F)ccc2n1Cc1ccccc1Br. The number of nitrogens with one attached hydrogen (secondary N) is 2. The van der Waals surface area contributed by atoms with Crippen molar-refractivity contribution in [3.8, 4) is 5.69 Å². The number of aromatic nitrogens is 3. The minimum absolute atomic E-state index is 0.0594. The van der Waals surface area contributed by atoms with Crippen LogP contribution in [-0.2, 0) is 22.7 Å². The molecule has 0 aliphatic rings. The Hall–Kier alpha value is -3.69. The monoisotopic (exact) mass is 640 g/mol. The quantitative estimate of drug-likeness (QED) is 0.298. The standard InChI is InChI=1S/C24H16BrF3N4O5S2/c1-39(36,37)30-21(33)20-19(32-22(34)15-10-38-11-17(15)29-23(32)35)14-8-13(24(26,27)28)6-7-18(14)31(20)9-12-4-2-3-5-16(12)25/h2-8,10-11H,9H2,1H3,(H,29,35)(H,30,33). The van der Waals surface area contributed by atoms with Crippen LogP contribution in [0.4, 0.5) is 13.2 Å². The van der Waals surface area contributed by atoms with Crippen LogP contribution >= 0.6 is 27.3 Å². The second-order valence-electron chi connectivity index (χ2n) is 8.58. The van der Waals surface area contributed by atoms with E-state index in [0.29, 0.717) is 14.6 Å².